The number of hydrogen-bond acceptors (Lipinski definition) is 3. The Bertz CT molecular complexity index is 948. The molecule has 3 aromatic rings. The van der Waals surface area contributed by atoms with Crippen LogP contribution in [0.3, 0.4) is 0 Å². The van der Waals surface area contributed by atoms with E-state index in [-0.39, 0.29) is 11.9 Å². The Hall–Kier alpha value is -2.92. The van der Waals surface area contributed by atoms with Crippen LogP contribution in [0.2, 0.25) is 0 Å². The quantitative estimate of drug-likeness (QED) is 0.667. The lowest BCUT2D eigenvalue weighted by molar-refractivity contribution is 0.0930. The summed E-state index contributed by atoms with van der Waals surface area (Å²) in [7, 11) is 1.66. The van der Waals surface area contributed by atoms with Crippen molar-refractivity contribution >= 4 is 5.91 Å². The molecular formula is C23H27N3O2. The Morgan fingerprint density at radius 2 is 1.93 bits per heavy atom. The number of nitrogens with one attached hydrogen (secondary N) is 1. The van der Waals surface area contributed by atoms with Gasteiger partial charge in [-0.25, -0.2) is 4.68 Å². The van der Waals surface area contributed by atoms with Gasteiger partial charge in [-0.3, -0.25) is 4.79 Å². The van der Waals surface area contributed by atoms with Gasteiger partial charge in [-0.05, 0) is 44.9 Å². The monoisotopic (exact) mass is 377 g/mol. The van der Waals surface area contributed by atoms with Gasteiger partial charge in [-0.2, -0.15) is 5.10 Å². The minimum atomic E-state index is -0.124. The highest BCUT2D eigenvalue weighted by Crippen LogP contribution is 2.27. The predicted octanol–water partition coefficient (Wildman–Crippen LogP) is 4.31. The standard InChI is InChI=1S/C23H27N3O2/c1-16-10-11-20(17(2)14-16)22-21(23(27)24-18(3)12-13-28-4)15-26(25-22)19-8-6-5-7-9-19/h5-11,14-15,18H,12-13H2,1-4H3,(H,24,27). The fourth-order valence-corrected chi connectivity index (χ4v) is 3.20. The van der Waals surface area contributed by atoms with E-state index >= 15 is 0 Å². The summed E-state index contributed by atoms with van der Waals surface area (Å²) in [5.74, 6) is -0.124. The summed E-state index contributed by atoms with van der Waals surface area (Å²) < 4.78 is 6.88. The van der Waals surface area contributed by atoms with Crippen LogP contribution < -0.4 is 5.32 Å². The number of ether oxygens (including phenoxy) is 1. The van der Waals surface area contributed by atoms with Crippen molar-refractivity contribution in [1.29, 1.82) is 0 Å². The predicted molar refractivity (Wildman–Crippen MR) is 112 cm³/mol. The largest absolute Gasteiger partial charge is 0.385 e. The van der Waals surface area contributed by atoms with Gasteiger partial charge in [0.05, 0.1) is 11.3 Å². The number of para-hydroxylation sites is 1. The van der Waals surface area contributed by atoms with E-state index in [0.717, 1.165) is 23.2 Å². The number of methoxy groups -OCH3 is 1. The molecule has 2 aromatic carbocycles. The highest BCUT2D eigenvalue weighted by Gasteiger charge is 2.21. The molecule has 0 aliphatic carbocycles. The molecule has 0 bridgehead atoms. The molecule has 1 unspecified atom stereocenters. The summed E-state index contributed by atoms with van der Waals surface area (Å²) in [6, 6.07) is 16.0. The van der Waals surface area contributed by atoms with Crippen LogP contribution in [0.4, 0.5) is 0 Å². The second-order valence-electron chi connectivity index (χ2n) is 7.15. The first-order valence-electron chi connectivity index (χ1n) is 9.52. The Morgan fingerprint density at radius 3 is 2.61 bits per heavy atom. The number of nitrogens with zero attached hydrogens (tertiary/aromatic N) is 2. The maximum atomic E-state index is 13.0. The molecule has 1 aromatic heterocycles. The molecule has 146 valence electrons. The van der Waals surface area contributed by atoms with Crippen molar-refractivity contribution in [1.82, 2.24) is 15.1 Å². The molecule has 0 saturated carbocycles. The van der Waals surface area contributed by atoms with Crippen LogP contribution in [0.15, 0.2) is 54.7 Å². The van der Waals surface area contributed by atoms with Gasteiger partial charge < -0.3 is 10.1 Å². The van der Waals surface area contributed by atoms with E-state index in [1.807, 2.05) is 62.5 Å². The van der Waals surface area contributed by atoms with Gasteiger partial charge in [-0.15, -0.1) is 0 Å². The van der Waals surface area contributed by atoms with Gasteiger partial charge >= 0.3 is 0 Å². The first-order chi connectivity index (χ1) is 13.5. The lowest BCUT2D eigenvalue weighted by Crippen LogP contribution is -2.33. The number of aryl methyl sites for hydroxylation is 2. The number of hydrogen-bond donors (Lipinski definition) is 1. The average molecular weight is 377 g/mol. The lowest BCUT2D eigenvalue weighted by Gasteiger charge is -2.13. The Kier molecular flexibility index (Phi) is 6.26. The van der Waals surface area contributed by atoms with Gasteiger partial charge in [0.15, 0.2) is 0 Å². The minimum Gasteiger partial charge on any atom is -0.385 e. The molecule has 1 heterocycles. The third-order valence-electron chi connectivity index (χ3n) is 4.75. The summed E-state index contributed by atoms with van der Waals surface area (Å²) >= 11 is 0. The fourth-order valence-electron chi connectivity index (χ4n) is 3.20. The van der Waals surface area contributed by atoms with Crippen LogP contribution in [-0.2, 0) is 4.74 Å². The van der Waals surface area contributed by atoms with Crippen LogP contribution >= 0.6 is 0 Å². The van der Waals surface area contributed by atoms with E-state index < -0.39 is 0 Å². The maximum Gasteiger partial charge on any atom is 0.255 e. The molecule has 0 aliphatic rings. The summed E-state index contributed by atoms with van der Waals surface area (Å²) in [5.41, 5.74) is 5.43. The summed E-state index contributed by atoms with van der Waals surface area (Å²) in [5, 5.41) is 7.83. The molecule has 5 heteroatoms. The van der Waals surface area contributed by atoms with Crippen LogP contribution in [-0.4, -0.2) is 35.4 Å². The van der Waals surface area contributed by atoms with Gasteiger partial charge in [0, 0.05) is 31.5 Å². The van der Waals surface area contributed by atoms with E-state index in [4.69, 9.17) is 9.84 Å². The normalized spacial score (nSPS) is 12.0. The summed E-state index contributed by atoms with van der Waals surface area (Å²) in [6.07, 6.45) is 2.57. The summed E-state index contributed by atoms with van der Waals surface area (Å²) in [4.78, 5) is 13.0. The molecule has 1 amide bonds. The maximum absolute atomic E-state index is 13.0. The van der Waals surface area contributed by atoms with Gasteiger partial charge in [0.25, 0.3) is 5.91 Å². The molecule has 0 saturated heterocycles. The van der Waals surface area contributed by atoms with Crippen molar-refractivity contribution < 1.29 is 9.53 Å². The van der Waals surface area contributed by atoms with E-state index in [1.54, 1.807) is 11.8 Å². The number of carbonyl (C=O) groups excluding carboxylic acids is 1. The Balaban J connectivity index is 2.01. The fraction of sp³-hybridized carbons (Fsp3) is 0.304. The van der Waals surface area contributed by atoms with Crippen molar-refractivity contribution in [2.45, 2.75) is 33.2 Å². The smallest absolute Gasteiger partial charge is 0.255 e. The SMILES string of the molecule is COCCC(C)NC(=O)c1cn(-c2ccccc2)nc1-c1ccc(C)cc1C. The molecule has 1 N–H and O–H groups in total. The van der Waals surface area contributed by atoms with Crippen LogP contribution in [0.25, 0.3) is 16.9 Å². The Morgan fingerprint density at radius 1 is 1.18 bits per heavy atom. The average Bonchev–Trinajstić information content (AvgIpc) is 3.12. The van der Waals surface area contributed by atoms with E-state index in [0.29, 0.717) is 17.9 Å². The molecule has 1 atom stereocenters. The molecule has 0 radical (unpaired) electrons. The summed E-state index contributed by atoms with van der Waals surface area (Å²) in [6.45, 7) is 6.70. The first-order valence-corrected chi connectivity index (χ1v) is 9.52. The molecule has 0 spiro atoms. The number of benzene rings is 2. The zero-order valence-electron chi connectivity index (χ0n) is 16.9. The number of amides is 1. The van der Waals surface area contributed by atoms with Crippen molar-refractivity contribution in [2.75, 3.05) is 13.7 Å². The van der Waals surface area contributed by atoms with Crippen molar-refractivity contribution in [3.05, 3.63) is 71.4 Å². The third-order valence-corrected chi connectivity index (χ3v) is 4.75. The molecule has 5 nitrogen and oxygen atoms in total. The van der Waals surface area contributed by atoms with Crippen molar-refractivity contribution in [2.24, 2.45) is 0 Å². The Labute approximate surface area is 166 Å². The van der Waals surface area contributed by atoms with Crippen LogP contribution in [0.1, 0.15) is 34.8 Å². The van der Waals surface area contributed by atoms with Crippen LogP contribution in [0, 0.1) is 13.8 Å². The van der Waals surface area contributed by atoms with Crippen molar-refractivity contribution in [3.8, 4) is 16.9 Å². The van der Waals surface area contributed by atoms with E-state index in [1.165, 1.54) is 5.56 Å². The van der Waals surface area contributed by atoms with E-state index in [2.05, 4.69) is 18.3 Å². The molecule has 28 heavy (non-hydrogen) atoms. The second-order valence-corrected chi connectivity index (χ2v) is 7.15. The van der Waals surface area contributed by atoms with Gasteiger partial charge in [0.2, 0.25) is 0 Å². The topological polar surface area (TPSA) is 56.1 Å². The number of rotatable bonds is 7. The van der Waals surface area contributed by atoms with E-state index in [9.17, 15) is 4.79 Å². The zero-order valence-corrected chi connectivity index (χ0v) is 16.9. The zero-order chi connectivity index (χ0) is 20.1. The number of carbonyl (C=O) groups is 1. The highest BCUT2D eigenvalue weighted by molar-refractivity contribution is 6.00. The first kappa shape index (κ1) is 19.8. The van der Waals surface area contributed by atoms with Gasteiger partial charge in [0.1, 0.15) is 5.69 Å². The second kappa shape index (κ2) is 8.85. The molecule has 3 rings (SSSR count). The molecule has 0 fully saturated rings. The molecule has 0 aliphatic heterocycles. The third kappa shape index (κ3) is 4.49. The lowest BCUT2D eigenvalue weighted by atomic mass is 10.0. The van der Waals surface area contributed by atoms with Crippen LogP contribution in [0.5, 0.6) is 0 Å². The minimum absolute atomic E-state index is 0.0134. The van der Waals surface area contributed by atoms with Crippen molar-refractivity contribution in [3.63, 3.8) is 0 Å². The number of aromatic nitrogens is 2. The molecular weight excluding hydrogens is 350 g/mol. The highest BCUT2D eigenvalue weighted by atomic mass is 16.5. The van der Waals surface area contributed by atoms with Gasteiger partial charge in [-0.1, -0.05) is 42.0 Å².